The number of hydrogen-bond acceptors (Lipinski definition) is 7. The van der Waals surface area contributed by atoms with Crippen molar-refractivity contribution in [1.29, 1.82) is 0 Å². The van der Waals surface area contributed by atoms with Crippen molar-refractivity contribution in [3.63, 3.8) is 0 Å². The van der Waals surface area contributed by atoms with Gasteiger partial charge in [0, 0.05) is 18.3 Å². The molecule has 0 amide bonds. The molecule has 0 saturated carbocycles. The minimum absolute atomic E-state index is 0.0312. The fraction of sp³-hybridized carbons (Fsp3) is 0.111. The van der Waals surface area contributed by atoms with Gasteiger partial charge in [-0.25, -0.2) is 19.7 Å². The second kappa shape index (κ2) is 6.96. The maximum absolute atomic E-state index is 12.0. The van der Waals surface area contributed by atoms with E-state index >= 15 is 0 Å². The number of hydrogen-bond donors (Lipinski definition) is 1. The zero-order valence-electron chi connectivity index (χ0n) is 13.6. The Hall–Kier alpha value is -3.48. The second-order valence-electron chi connectivity index (χ2n) is 5.34. The molecule has 0 fully saturated rings. The summed E-state index contributed by atoms with van der Waals surface area (Å²) in [6.07, 6.45) is 7.44. The van der Waals surface area contributed by atoms with Gasteiger partial charge < -0.3 is 14.3 Å². The minimum Gasteiger partial charge on any atom is -0.507 e. The summed E-state index contributed by atoms with van der Waals surface area (Å²) in [7, 11) is 0. The number of oxazole rings is 1. The summed E-state index contributed by atoms with van der Waals surface area (Å²) in [5.41, 5.74) is 2.44. The molecule has 0 aliphatic carbocycles. The molecule has 0 unspecified atom stereocenters. The van der Waals surface area contributed by atoms with Crippen molar-refractivity contribution in [1.82, 2.24) is 15.0 Å². The zero-order chi connectivity index (χ0) is 17.8. The SMILES string of the molecule is Cc1cc(/C=C/c2ncc(C(=O)Oc3ccncn3)o2)cc(C)c1O. The van der Waals surface area contributed by atoms with Gasteiger partial charge in [-0.3, -0.25) is 0 Å². The van der Waals surface area contributed by atoms with E-state index in [2.05, 4.69) is 15.0 Å². The van der Waals surface area contributed by atoms with E-state index in [-0.39, 0.29) is 23.3 Å². The number of carbonyl (C=O) groups is 1. The van der Waals surface area contributed by atoms with Crippen molar-refractivity contribution in [2.45, 2.75) is 13.8 Å². The topological polar surface area (TPSA) is 98.3 Å². The number of benzene rings is 1. The van der Waals surface area contributed by atoms with Gasteiger partial charge in [-0.2, -0.15) is 0 Å². The quantitative estimate of drug-likeness (QED) is 0.730. The molecule has 0 spiro atoms. The van der Waals surface area contributed by atoms with Crippen LogP contribution in [0.2, 0.25) is 0 Å². The van der Waals surface area contributed by atoms with Crippen molar-refractivity contribution >= 4 is 18.1 Å². The van der Waals surface area contributed by atoms with Crippen LogP contribution in [0.25, 0.3) is 12.2 Å². The molecule has 2 heterocycles. The molecule has 1 aromatic carbocycles. The van der Waals surface area contributed by atoms with Crippen LogP contribution >= 0.6 is 0 Å². The highest BCUT2D eigenvalue weighted by molar-refractivity contribution is 5.87. The third-order valence-electron chi connectivity index (χ3n) is 3.41. The summed E-state index contributed by atoms with van der Waals surface area (Å²) in [6.45, 7) is 3.65. The maximum atomic E-state index is 12.0. The number of nitrogens with zero attached hydrogens (tertiary/aromatic N) is 3. The lowest BCUT2D eigenvalue weighted by Crippen LogP contribution is -2.08. The molecule has 0 atom stereocenters. The first-order valence-electron chi connectivity index (χ1n) is 7.45. The van der Waals surface area contributed by atoms with Gasteiger partial charge in [-0.1, -0.05) is 0 Å². The first-order chi connectivity index (χ1) is 12.0. The Morgan fingerprint density at radius 3 is 2.64 bits per heavy atom. The number of rotatable bonds is 4. The van der Waals surface area contributed by atoms with E-state index in [1.165, 1.54) is 24.8 Å². The lowest BCUT2D eigenvalue weighted by molar-refractivity contribution is 0.0693. The Labute approximate surface area is 143 Å². The molecular weight excluding hydrogens is 322 g/mol. The lowest BCUT2D eigenvalue weighted by Gasteiger charge is -2.04. The molecule has 7 heteroatoms. The second-order valence-corrected chi connectivity index (χ2v) is 5.34. The molecule has 3 rings (SSSR count). The molecule has 0 aliphatic heterocycles. The number of phenols is 1. The Bertz CT molecular complexity index is 909. The number of esters is 1. The van der Waals surface area contributed by atoms with Crippen LogP contribution in [-0.4, -0.2) is 26.0 Å². The van der Waals surface area contributed by atoms with E-state index < -0.39 is 5.97 Å². The number of carbonyl (C=O) groups excluding carboxylic acids is 1. The van der Waals surface area contributed by atoms with Gasteiger partial charge in [0.1, 0.15) is 12.1 Å². The van der Waals surface area contributed by atoms with E-state index in [0.29, 0.717) is 0 Å². The van der Waals surface area contributed by atoms with Crippen molar-refractivity contribution in [2.24, 2.45) is 0 Å². The van der Waals surface area contributed by atoms with Crippen molar-refractivity contribution < 1.29 is 19.1 Å². The molecule has 0 radical (unpaired) electrons. The molecule has 3 aromatic rings. The largest absolute Gasteiger partial charge is 0.507 e. The van der Waals surface area contributed by atoms with E-state index in [4.69, 9.17) is 9.15 Å². The number of phenolic OH excluding ortho intramolecular Hbond substituents is 1. The van der Waals surface area contributed by atoms with Crippen LogP contribution in [0.4, 0.5) is 0 Å². The van der Waals surface area contributed by atoms with Gasteiger partial charge >= 0.3 is 5.97 Å². The summed E-state index contributed by atoms with van der Waals surface area (Å²) in [4.78, 5) is 23.5. The van der Waals surface area contributed by atoms with E-state index in [0.717, 1.165) is 16.7 Å². The number of aryl methyl sites for hydroxylation is 2. The summed E-state index contributed by atoms with van der Waals surface area (Å²) >= 11 is 0. The highest BCUT2D eigenvalue weighted by Crippen LogP contribution is 2.24. The normalized spacial score (nSPS) is 11.0. The Kier molecular flexibility index (Phi) is 4.56. The van der Waals surface area contributed by atoms with E-state index in [1.807, 2.05) is 26.0 Å². The molecule has 7 nitrogen and oxygen atoms in total. The average molecular weight is 337 g/mol. The van der Waals surface area contributed by atoms with Gasteiger partial charge in [0.2, 0.25) is 17.5 Å². The van der Waals surface area contributed by atoms with Crippen LogP contribution in [-0.2, 0) is 0 Å². The van der Waals surface area contributed by atoms with E-state index in [9.17, 15) is 9.90 Å². The first-order valence-corrected chi connectivity index (χ1v) is 7.45. The molecule has 2 aromatic heterocycles. The van der Waals surface area contributed by atoms with Crippen molar-refractivity contribution in [3.8, 4) is 11.6 Å². The van der Waals surface area contributed by atoms with Crippen molar-refractivity contribution in [2.75, 3.05) is 0 Å². The standard InChI is InChI=1S/C18H15N3O4/c1-11-7-13(8-12(2)17(11)22)3-4-15-20-9-14(24-15)18(23)25-16-5-6-19-10-21-16/h3-10,22H,1-2H3/b4-3+. The Morgan fingerprint density at radius 1 is 1.20 bits per heavy atom. The highest BCUT2D eigenvalue weighted by atomic mass is 16.6. The number of aromatic hydroxyl groups is 1. The summed E-state index contributed by atoms with van der Waals surface area (Å²) in [6, 6.07) is 5.14. The number of ether oxygens (including phenoxy) is 1. The molecule has 25 heavy (non-hydrogen) atoms. The summed E-state index contributed by atoms with van der Waals surface area (Å²) in [5, 5.41) is 9.79. The van der Waals surface area contributed by atoms with Gasteiger partial charge in [0.05, 0.1) is 6.20 Å². The van der Waals surface area contributed by atoms with Crippen LogP contribution in [0, 0.1) is 13.8 Å². The highest BCUT2D eigenvalue weighted by Gasteiger charge is 2.14. The van der Waals surface area contributed by atoms with Crippen LogP contribution < -0.4 is 4.74 Å². The van der Waals surface area contributed by atoms with Crippen LogP contribution in [0.3, 0.4) is 0 Å². The monoisotopic (exact) mass is 337 g/mol. The Morgan fingerprint density at radius 2 is 1.96 bits per heavy atom. The van der Waals surface area contributed by atoms with Crippen LogP contribution in [0.5, 0.6) is 11.6 Å². The molecule has 0 saturated heterocycles. The zero-order valence-corrected chi connectivity index (χ0v) is 13.6. The van der Waals surface area contributed by atoms with Gasteiger partial charge in [-0.05, 0) is 48.7 Å². The van der Waals surface area contributed by atoms with Crippen LogP contribution in [0.15, 0.2) is 41.3 Å². The number of aromatic nitrogens is 3. The first kappa shape index (κ1) is 16.4. The third-order valence-corrected chi connectivity index (χ3v) is 3.41. The molecule has 0 bridgehead atoms. The predicted molar refractivity (Wildman–Crippen MR) is 90.0 cm³/mol. The molecular formula is C18H15N3O4. The third kappa shape index (κ3) is 3.89. The van der Waals surface area contributed by atoms with Crippen LogP contribution in [0.1, 0.15) is 33.1 Å². The van der Waals surface area contributed by atoms with Crippen molar-refractivity contribution in [3.05, 3.63) is 65.3 Å². The van der Waals surface area contributed by atoms with E-state index in [1.54, 1.807) is 12.2 Å². The molecule has 126 valence electrons. The molecule has 0 aliphatic rings. The molecule has 1 N–H and O–H groups in total. The van der Waals surface area contributed by atoms with Gasteiger partial charge in [0.15, 0.2) is 0 Å². The fourth-order valence-corrected chi connectivity index (χ4v) is 2.20. The maximum Gasteiger partial charge on any atom is 0.382 e. The van der Waals surface area contributed by atoms with Gasteiger partial charge in [-0.15, -0.1) is 0 Å². The lowest BCUT2D eigenvalue weighted by atomic mass is 10.1. The van der Waals surface area contributed by atoms with Gasteiger partial charge in [0.25, 0.3) is 0 Å². The summed E-state index contributed by atoms with van der Waals surface area (Å²) < 4.78 is 10.4. The minimum atomic E-state index is -0.692. The smallest absolute Gasteiger partial charge is 0.382 e. The summed E-state index contributed by atoms with van der Waals surface area (Å²) in [5.74, 6) is -0.0527. The fourth-order valence-electron chi connectivity index (χ4n) is 2.20. The predicted octanol–water partition coefficient (Wildman–Crippen LogP) is 3.18. The average Bonchev–Trinajstić information content (AvgIpc) is 3.08. The Balaban J connectivity index is 1.72.